The third-order valence-electron chi connectivity index (χ3n) is 3.16. The standard InChI is InChI=1S/C13H17NO3/c1-13(6-8-17-9-7-13)14-12(16)10-4-2-3-5-11(10)15/h2-5,15H,6-9H2,1H3,(H,14,16). The van der Waals surface area contributed by atoms with Gasteiger partial charge in [0.2, 0.25) is 0 Å². The molecule has 2 N–H and O–H groups in total. The fraction of sp³-hybridized carbons (Fsp3) is 0.462. The van der Waals surface area contributed by atoms with Gasteiger partial charge in [0.15, 0.2) is 0 Å². The molecule has 1 heterocycles. The second-order valence-corrected chi connectivity index (χ2v) is 4.64. The number of para-hydroxylation sites is 1. The van der Waals surface area contributed by atoms with Crippen LogP contribution in [-0.2, 0) is 4.74 Å². The first kappa shape index (κ1) is 11.9. The predicted octanol–water partition coefficient (Wildman–Crippen LogP) is 1.69. The van der Waals surface area contributed by atoms with Crippen molar-refractivity contribution in [1.82, 2.24) is 5.32 Å². The number of benzene rings is 1. The number of hydrogen-bond acceptors (Lipinski definition) is 3. The van der Waals surface area contributed by atoms with Crippen molar-refractivity contribution in [2.75, 3.05) is 13.2 Å². The summed E-state index contributed by atoms with van der Waals surface area (Å²) in [5.74, 6) is -0.215. The topological polar surface area (TPSA) is 58.6 Å². The van der Waals surface area contributed by atoms with Gasteiger partial charge in [-0.05, 0) is 31.9 Å². The Labute approximate surface area is 101 Å². The van der Waals surface area contributed by atoms with E-state index < -0.39 is 0 Å². The van der Waals surface area contributed by atoms with E-state index in [4.69, 9.17) is 4.74 Å². The third-order valence-corrected chi connectivity index (χ3v) is 3.16. The first-order chi connectivity index (χ1) is 8.11. The van der Waals surface area contributed by atoms with Gasteiger partial charge in [0.05, 0.1) is 5.56 Å². The Hall–Kier alpha value is -1.55. The Morgan fingerprint density at radius 1 is 1.35 bits per heavy atom. The van der Waals surface area contributed by atoms with Gasteiger partial charge in [-0.1, -0.05) is 12.1 Å². The number of phenols is 1. The van der Waals surface area contributed by atoms with E-state index in [2.05, 4.69) is 5.32 Å². The van der Waals surface area contributed by atoms with Gasteiger partial charge >= 0.3 is 0 Å². The van der Waals surface area contributed by atoms with E-state index in [0.29, 0.717) is 18.8 Å². The van der Waals surface area contributed by atoms with Crippen LogP contribution in [0, 0.1) is 0 Å². The largest absolute Gasteiger partial charge is 0.507 e. The van der Waals surface area contributed by atoms with Crippen molar-refractivity contribution in [3.8, 4) is 5.75 Å². The van der Waals surface area contributed by atoms with Crippen LogP contribution in [0.5, 0.6) is 5.75 Å². The van der Waals surface area contributed by atoms with Gasteiger partial charge in [0.1, 0.15) is 5.75 Å². The zero-order valence-electron chi connectivity index (χ0n) is 9.90. The number of amides is 1. The van der Waals surface area contributed by atoms with Crippen molar-refractivity contribution in [2.24, 2.45) is 0 Å². The van der Waals surface area contributed by atoms with Crippen LogP contribution in [0.3, 0.4) is 0 Å². The molecule has 0 spiro atoms. The second-order valence-electron chi connectivity index (χ2n) is 4.64. The van der Waals surface area contributed by atoms with Crippen LogP contribution in [0.25, 0.3) is 0 Å². The lowest BCUT2D eigenvalue weighted by Crippen LogP contribution is -2.49. The van der Waals surface area contributed by atoms with Gasteiger partial charge in [-0.15, -0.1) is 0 Å². The highest BCUT2D eigenvalue weighted by Gasteiger charge is 2.29. The van der Waals surface area contributed by atoms with E-state index in [-0.39, 0.29) is 17.2 Å². The molecule has 92 valence electrons. The summed E-state index contributed by atoms with van der Waals surface area (Å²) in [6.45, 7) is 3.34. The molecule has 17 heavy (non-hydrogen) atoms. The number of ether oxygens (including phenoxy) is 1. The van der Waals surface area contributed by atoms with E-state index in [9.17, 15) is 9.90 Å². The molecule has 4 nitrogen and oxygen atoms in total. The molecule has 2 rings (SSSR count). The van der Waals surface area contributed by atoms with Crippen molar-refractivity contribution in [1.29, 1.82) is 0 Å². The van der Waals surface area contributed by atoms with Crippen molar-refractivity contribution < 1.29 is 14.6 Å². The van der Waals surface area contributed by atoms with Gasteiger partial charge in [-0.25, -0.2) is 0 Å². The fourth-order valence-electron chi connectivity index (χ4n) is 1.95. The monoisotopic (exact) mass is 235 g/mol. The maximum Gasteiger partial charge on any atom is 0.255 e. The Morgan fingerprint density at radius 2 is 2.00 bits per heavy atom. The first-order valence-electron chi connectivity index (χ1n) is 5.79. The van der Waals surface area contributed by atoms with Crippen LogP contribution in [-0.4, -0.2) is 29.8 Å². The molecule has 0 unspecified atom stereocenters. The molecule has 1 aromatic carbocycles. The van der Waals surface area contributed by atoms with Gasteiger partial charge in [0.25, 0.3) is 5.91 Å². The lowest BCUT2D eigenvalue weighted by atomic mass is 9.92. The van der Waals surface area contributed by atoms with Crippen LogP contribution in [0.2, 0.25) is 0 Å². The average molecular weight is 235 g/mol. The van der Waals surface area contributed by atoms with Gasteiger partial charge < -0.3 is 15.2 Å². The predicted molar refractivity (Wildman–Crippen MR) is 64.0 cm³/mol. The smallest absolute Gasteiger partial charge is 0.255 e. The quantitative estimate of drug-likeness (QED) is 0.820. The Morgan fingerprint density at radius 3 is 2.65 bits per heavy atom. The number of nitrogens with one attached hydrogen (secondary N) is 1. The SMILES string of the molecule is CC1(NC(=O)c2ccccc2O)CCOCC1. The van der Waals surface area contributed by atoms with Crippen molar-refractivity contribution >= 4 is 5.91 Å². The molecule has 4 heteroatoms. The average Bonchev–Trinajstić information content (AvgIpc) is 2.29. The fourth-order valence-corrected chi connectivity index (χ4v) is 1.95. The molecule has 1 fully saturated rings. The Balaban J connectivity index is 2.09. The highest BCUT2D eigenvalue weighted by atomic mass is 16.5. The summed E-state index contributed by atoms with van der Waals surface area (Å²) >= 11 is 0. The summed E-state index contributed by atoms with van der Waals surface area (Å²) in [5.41, 5.74) is 0.0812. The molecular formula is C13H17NO3. The zero-order valence-corrected chi connectivity index (χ0v) is 9.90. The van der Waals surface area contributed by atoms with E-state index in [1.165, 1.54) is 6.07 Å². The Kier molecular flexibility index (Phi) is 3.33. The molecule has 0 saturated carbocycles. The lowest BCUT2D eigenvalue weighted by molar-refractivity contribution is 0.0422. The molecular weight excluding hydrogens is 218 g/mol. The molecule has 0 aliphatic carbocycles. The van der Waals surface area contributed by atoms with Gasteiger partial charge in [0, 0.05) is 18.8 Å². The van der Waals surface area contributed by atoms with E-state index in [1.54, 1.807) is 18.2 Å². The van der Waals surface area contributed by atoms with Crippen LogP contribution >= 0.6 is 0 Å². The molecule has 0 aromatic heterocycles. The van der Waals surface area contributed by atoms with E-state index in [0.717, 1.165) is 12.8 Å². The summed E-state index contributed by atoms with van der Waals surface area (Å²) < 4.78 is 5.28. The minimum atomic E-state index is -0.238. The maximum atomic E-state index is 12.0. The van der Waals surface area contributed by atoms with Crippen molar-refractivity contribution in [3.63, 3.8) is 0 Å². The van der Waals surface area contributed by atoms with Crippen LogP contribution in [0.1, 0.15) is 30.1 Å². The summed E-state index contributed by atoms with van der Waals surface area (Å²) in [7, 11) is 0. The number of carbonyl (C=O) groups is 1. The minimum absolute atomic E-state index is 0.0145. The molecule has 1 aliphatic rings. The van der Waals surface area contributed by atoms with Crippen molar-refractivity contribution in [2.45, 2.75) is 25.3 Å². The van der Waals surface area contributed by atoms with Crippen LogP contribution in [0.4, 0.5) is 0 Å². The normalized spacial score (nSPS) is 18.6. The highest BCUT2D eigenvalue weighted by Crippen LogP contribution is 2.22. The summed E-state index contributed by atoms with van der Waals surface area (Å²) in [6, 6.07) is 6.57. The number of carbonyl (C=O) groups excluding carboxylic acids is 1. The van der Waals surface area contributed by atoms with Crippen molar-refractivity contribution in [3.05, 3.63) is 29.8 Å². The third kappa shape index (κ3) is 2.77. The number of aromatic hydroxyl groups is 1. The molecule has 0 atom stereocenters. The van der Waals surface area contributed by atoms with E-state index >= 15 is 0 Å². The number of phenolic OH excluding ortho intramolecular Hbond substituents is 1. The molecule has 0 bridgehead atoms. The van der Waals surface area contributed by atoms with Gasteiger partial charge in [-0.3, -0.25) is 4.79 Å². The zero-order chi connectivity index (χ0) is 12.3. The molecule has 1 aromatic rings. The number of rotatable bonds is 2. The first-order valence-corrected chi connectivity index (χ1v) is 5.79. The summed E-state index contributed by atoms with van der Waals surface area (Å²) in [4.78, 5) is 12.0. The number of hydrogen-bond donors (Lipinski definition) is 2. The second kappa shape index (κ2) is 4.75. The molecule has 1 saturated heterocycles. The summed E-state index contributed by atoms with van der Waals surface area (Å²) in [6.07, 6.45) is 1.60. The summed E-state index contributed by atoms with van der Waals surface area (Å²) in [5, 5.41) is 12.6. The van der Waals surface area contributed by atoms with Crippen LogP contribution < -0.4 is 5.32 Å². The Bertz CT molecular complexity index is 411. The maximum absolute atomic E-state index is 12.0. The minimum Gasteiger partial charge on any atom is -0.507 e. The molecule has 0 radical (unpaired) electrons. The van der Waals surface area contributed by atoms with Gasteiger partial charge in [-0.2, -0.15) is 0 Å². The van der Waals surface area contributed by atoms with Crippen LogP contribution in [0.15, 0.2) is 24.3 Å². The van der Waals surface area contributed by atoms with E-state index in [1.807, 2.05) is 6.92 Å². The lowest BCUT2D eigenvalue weighted by Gasteiger charge is -2.34. The highest BCUT2D eigenvalue weighted by molar-refractivity contribution is 5.97. The molecule has 1 amide bonds. The molecule has 1 aliphatic heterocycles.